The highest BCUT2D eigenvalue weighted by atomic mass is 16.5. The maximum atomic E-state index is 10.6. The maximum Gasteiger partial charge on any atom is 0.118 e. The zero-order valence-electron chi connectivity index (χ0n) is 10.6. The number of rotatable bonds is 3. The van der Waals surface area contributed by atoms with Crippen molar-refractivity contribution in [2.45, 2.75) is 50.5 Å². The molecule has 1 fully saturated rings. The monoisotopic (exact) mass is 234 g/mol. The lowest BCUT2D eigenvalue weighted by Gasteiger charge is -2.26. The molecule has 94 valence electrons. The highest BCUT2D eigenvalue weighted by Gasteiger charge is 2.27. The molecule has 2 heteroatoms. The second kappa shape index (κ2) is 5.54. The molecule has 1 aliphatic carbocycles. The van der Waals surface area contributed by atoms with Crippen LogP contribution in [-0.2, 0) is 6.42 Å². The van der Waals surface area contributed by atoms with E-state index in [0.717, 1.165) is 37.9 Å². The normalized spacial score (nSPS) is 19.6. The number of aliphatic hydroxyl groups is 1. The van der Waals surface area contributed by atoms with Crippen LogP contribution in [0.5, 0.6) is 5.75 Å². The topological polar surface area (TPSA) is 29.5 Å². The number of ether oxygens (including phenoxy) is 1. The predicted octanol–water partition coefficient (Wildman–Crippen LogP) is 3.32. The molecule has 0 bridgehead atoms. The van der Waals surface area contributed by atoms with Gasteiger partial charge in [0.1, 0.15) is 5.75 Å². The van der Waals surface area contributed by atoms with Gasteiger partial charge < -0.3 is 9.84 Å². The Labute approximate surface area is 104 Å². The van der Waals surface area contributed by atoms with Gasteiger partial charge in [-0.1, -0.05) is 37.8 Å². The summed E-state index contributed by atoms with van der Waals surface area (Å²) in [5.41, 5.74) is 0.723. The summed E-state index contributed by atoms with van der Waals surface area (Å²) in [4.78, 5) is 0. The first-order valence-corrected chi connectivity index (χ1v) is 6.57. The predicted molar refractivity (Wildman–Crippen MR) is 69.3 cm³/mol. The summed E-state index contributed by atoms with van der Waals surface area (Å²) in [7, 11) is 1.67. The average Bonchev–Trinajstić information content (AvgIpc) is 2.55. The Morgan fingerprint density at radius 3 is 2.18 bits per heavy atom. The van der Waals surface area contributed by atoms with Gasteiger partial charge in [0, 0.05) is 6.42 Å². The fourth-order valence-corrected chi connectivity index (χ4v) is 2.69. The molecule has 0 unspecified atom stereocenters. The lowest BCUT2D eigenvalue weighted by atomic mass is 9.87. The fraction of sp³-hybridized carbons (Fsp3) is 0.600. The quantitative estimate of drug-likeness (QED) is 0.813. The average molecular weight is 234 g/mol. The highest BCUT2D eigenvalue weighted by Crippen LogP contribution is 2.30. The van der Waals surface area contributed by atoms with Gasteiger partial charge in [-0.3, -0.25) is 0 Å². The zero-order chi connectivity index (χ0) is 12.1. The Morgan fingerprint density at radius 1 is 1.06 bits per heavy atom. The first-order valence-electron chi connectivity index (χ1n) is 6.57. The SMILES string of the molecule is COc1ccc(CC2(O)CCCCCC2)cc1. The third-order valence-corrected chi connectivity index (χ3v) is 3.73. The summed E-state index contributed by atoms with van der Waals surface area (Å²) in [6.07, 6.45) is 7.52. The lowest BCUT2D eigenvalue weighted by Crippen LogP contribution is -2.30. The van der Waals surface area contributed by atoms with Gasteiger partial charge in [0.2, 0.25) is 0 Å². The molecule has 0 heterocycles. The van der Waals surface area contributed by atoms with Crippen LogP contribution in [0.2, 0.25) is 0 Å². The molecule has 1 aromatic rings. The maximum absolute atomic E-state index is 10.6. The van der Waals surface area contributed by atoms with Crippen LogP contribution in [0.4, 0.5) is 0 Å². The van der Waals surface area contributed by atoms with E-state index < -0.39 is 5.60 Å². The molecule has 0 spiro atoms. The van der Waals surface area contributed by atoms with E-state index in [2.05, 4.69) is 12.1 Å². The van der Waals surface area contributed by atoms with Crippen molar-refractivity contribution in [1.82, 2.24) is 0 Å². The lowest BCUT2D eigenvalue weighted by molar-refractivity contribution is 0.0252. The summed E-state index contributed by atoms with van der Waals surface area (Å²) in [6, 6.07) is 8.05. The second-order valence-corrected chi connectivity index (χ2v) is 5.16. The van der Waals surface area contributed by atoms with Crippen molar-refractivity contribution < 1.29 is 9.84 Å². The van der Waals surface area contributed by atoms with Gasteiger partial charge in [-0.15, -0.1) is 0 Å². The minimum absolute atomic E-state index is 0.481. The van der Waals surface area contributed by atoms with Crippen molar-refractivity contribution in [3.8, 4) is 5.75 Å². The second-order valence-electron chi connectivity index (χ2n) is 5.16. The summed E-state index contributed by atoms with van der Waals surface area (Å²) >= 11 is 0. The van der Waals surface area contributed by atoms with Gasteiger partial charge in [0.15, 0.2) is 0 Å². The molecule has 0 aliphatic heterocycles. The molecule has 1 aliphatic rings. The van der Waals surface area contributed by atoms with Crippen LogP contribution in [0.3, 0.4) is 0 Å². The van der Waals surface area contributed by atoms with Crippen LogP contribution in [0, 0.1) is 0 Å². The first kappa shape index (κ1) is 12.4. The highest BCUT2D eigenvalue weighted by molar-refractivity contribution is 5.28. The van der Waals surface area contributed by atoms with Crippen LogP contribution in [0.15, 0.2) is 24.3 Å². The summed E-state index contributed by atoms with van der Waals surface area (Å²) in [5.74, 6) is 0.876. The van der Waals surface area contributed by atoms with Gasteiger partial charge in [-0.25, -0.2) is 0 Å². The van der Waals surface area contributed by atoms with Crippen molar-refractivity contribution in [2.24, 2.45) is 0 Å². The molecule has 0 atom stereocenters. The van der Waals surface area contributed by atoms with Crippen molar-refractivity contribution in [1.29, 1.82) is 0 Å². The van der Waals surface area contributed by atoms with Crippen LogP contribution in [-0.4, -0.2) is 17.8 Å². The Hall–Kier alpha value is -1.02. The standard InChI is InChI=1S/C15H22O2/c1-17-14-8-6-13(7-9-14)12-15(16)10-4-2-3-5-11-15/h6-9,16H,2-5,10-12H2,1H3. The number of hydrogen-bond acceptors (Lipinski definition) is 2. The van der Waals surface area contributed by atoms with Gasteiger partial charge in [0.25, 0.3) is 0 Å². The van der Waals surface area contributed by atoms with E-state index >= 15 is 0 Å². The van der Waals surface area contributed by atoms with E-state index in [-0.39, 0.29) is 0 Å². The van der Waals surface area contributed by atoms with Crippen molar-refractivity contribution in [3.05, 3.63) is 29.8 Å². The minimum atomic E-state index is -0.481. The van der Waals surface area contributed by atoms with Crippen LogP contribution < -0.4 is 4.74 Å². The van der Waals surface area contributed by atoms with E-state index in [1.807, 2.05) is 12.1 Å². The van der Waals surface area contributed by atoms with Crippen molar-refractivity contribution in [3.63, 3.8) is 0 Å². The largest absolute Gasteiger partial charge is 0.497 e. The summed E-state index contributed by atoms with van der Waals surface area (Å²) in [5, 5.41) is 10.6. The number of methoxy groups -OCH3 is 1. The summed E-state index contributed by atoms with van der Waals surface area (Å²) in [6.45, 7) is 0. The molecule has 0 amide bonds. The van der Waals surface area contributed by atoms with Gasteiger partial charge in [0.05, 0.1) is 12.7 Å². The van der Waals surface area contributed by atoms with E-state index in [9.17, 15) is 5.11 Å². The molecule has 17 heavy (non-hydrogen) atoms. The zero-order valence-corrected chi connectivity index (χ0v) is 10.6. The number of benzene rings is 1. The molecule has 2 nitrogen and oxygen atoms in total. The molecule has 2 rings (SSSR count). The smallest absolute Gasteiger partial charge is 0.118 e. The summed E-state index contributed by atoms with van der Waals surface area (Å²) < 4.78 is 5.14. The Bertz CT molecular complexity index is 334. The van der Waals surface area contributed by atoms with Gasteiger partial charge in [-0.2, -0.15) is 0 Å². The minimum Gasteiger partial charge on any atom is -0.497 e. The Kier molecular flexibility index (Phi) is 4.06. The molecule has 0 radical (unpaired) electrons. The Balaban J connectivity index is 2.02. The molecule has 0 aromatic heterocycles. The number of hydrogen-bond donors (Lipinski definition) is 1. The van der Waals surface area contributed by atoms with E-state index in [1.54, 1.807) is 7.11 Å². The van der Waals surface area contributed by atoms with Crippen molar-refractivity contribution >= 4 is 0 Å². The van der Waals surface area contributed by atoms with Gasteiger partial charge >= 0.3 is 0 Å². The van der Waals surface area contributed by atoms with Crippen molar-refractivity contribution in [2.75, 3.05) is 7.11 Å². The van der Waals surface area contributed by atoms with E-state index in [0.29, 0.717) is 0 Å². The third kappa shape index (κ3) is 3.47. The third-order valence-electron chi connectivity index (χ3n) is 3.73. The first-order chi connectivity index (χ1) is 8.22. The fourth-order valence-electron chi connectivity index (χ4n) is 2.69. The van der Waals surface area contributed by atoms with E-state index in [1.165, 1.54) is 18.4 Å². The molecule has 1 N–H and O–H groups in total. The molecule has 1 aromatic carbocycles. The van der Waals surface area contributed by atoms with Crippen LogP contribution in [0.1, 0.15) is 44.1 Å². The van der Waals surface area contributed by atoms with Crippen LogP contribution >= 0.6 is 0 Å². The molecule has 0 saturated heterocycles. The van der Waals surface area contributed by atoms with Gasteiger partial charge in [-0.05, 0) is 30.5 Å². The van der Waals surface area contributed by atoms with Crippen LogP contribution in [0.25, 0.3) is 0 Å². The molecule has 1 saturated carbocycles. The molecular formula is C15H22O2. The van der Waals surface area contributed by atoms with E-state index in [4.69, 9.17) is 4.74 Å². The molecular weight excluding hydrogens is 212 g/mol. The Morgan fingerprint density at radius 2 is 1.65 bits per heavy atom.